The van der Waals surface area contributed by atoms with Crippen molar-refractivity contribution >= 4 is 23.3 Å². The third-order valence-corrected chi connectivity index (χ3v) is 4.21. The maximum atomic E-state index is 11.7. The molecule has 0 atom stereocenters. The second kappa shape index (κ2) is 11.6. The molecule has 0 radical (unpaired) electrons. The highest BCUT2D eigenvalue weighted by atomic mass is 16.4. The van der Waals surface area contributed by atoms with Crippen molar-refractivity contribution < 1.29 is 14.7 Å². The second-order valence-electron chi connectivity index (χ2n) is 7.27. The zero-order chi connectivity index (χ0) is 21.9. The quantitative estimate of drug-likeness (QED) is 0.331. The minimum Gasteiger partial charge on any atom is -0.481 e. The van der Waals surface area contributed by atoms with Crippen molar-refractivity contribution in [2.24, 2.45) is 11.7 Å². The van der Waals surface area contributed by atoms with Crippen LogP contribution in [0, 0.1) is 5.92 Å². The first-order valence-electron chi connectivity index (χ1n) is 9.89. The van der Waals surface area contributed by atoms with Crippen LogP contribution < -0.4 is 16.6 Å². The molecular weight excluding hydrogens is 382 g/mol. The number of nitrogens with zero attached hydrogens (tertiary/aromatic N) is 2. The first-order valence-corrected chi connectivity index (χ1v) is 9.89. The van der Waals surface area contributed by atoms with Crippen molar-refractivity contribution in [2.75, 3.05) is 12.0 Å². The molecule has 8 heteroatoms. The summed E-state index contributed by atoms with van der Waals surface area (Å²) < 4.78 is 0. The third-order valence-electron chi connectivity index (χ3n) is 4.21. The molecule has 0 saturated heterocycles. The van der Waals surface area contributed by atoms with E-state index in [0.717, 1.165) is 16.7 Å². The van der Waals surface area contributed by atoms with Crippen molar-refractivity contribution in [1.82, 2.24) is 15.5 Å². The number of pyridine rings is 1. The van der Waals surface area contributed by atoms with Gasteiger partial charge in [0.25, 0.3) is 0 Å². The zero-order valence-electron chi connectivity index (χ0n) is 17.3. The summed E-state index contributed by atoms with van der Waals surface area (Å²) in [5, 5.41) is 10.0. The summed E-state index contributed by atoms with van der Waals surface area (Å²) in [6, 6.07) is 10.7. The summed E-state index contributed by atoms with van der Waals surface area (Å²) in [5.74, 6) is -0.469. The van der Waals surface area contributed by atoms with Gasteiger partial charge >= 0.3 is 12.0 Å². The Bertz CT molecular complexity index is 868. The van der Waals surface area contributed by atoms with Gasteiger partial charge in [0, 0.05) is 30.9 Å². The van der Waals surface area contributed by atoms with E-state index in [9.17, 15) is 9.59 Å². The van der Waals surface area contributed by atoms with E-state index < -0.39 is 12.0 Å². The topological polar surface area (TPSA) is 121 Å². The number of aromatic nitrogens is 1. The molecule has 2 aromatic rings. The molecule has 2 rings (SSSR count). The lowest BCUT2D eigenvalue weighted by Gasteiger charge is -2.24. The number of hydrogen-bond donors (Lipinski definition) is 4. The number of aliphatic carboxylic acids is 1. The molecule has 0 aliphatic rings. The summed E-state index contributed by atoms with van der Waals surface area (Å²) in [6.45, 7) is 4.64. The highest BCUT2D eigenvalue weighted by Gasteiger charge is 2.12. The number of carboxylic acid groups (broad SMARTS) is 1. The maximum Gasteiger partial charge on any atom is 0.348 e. The van der Waals surface area contributed by atoms with Gasteiger partial charge in [-0.1, -0.05) is 38.1 Å². The number of amides is 2. The number of carboxylic acids is 1. The molecule has 0 unspecified atom stereocenters. The fourth-order valence-corrected chi connectivity index (χ4v) is 2.76. The van der Waals surface area contributed by atoms with E-state index in [4.69, 9.17) is 10.8 Å². The van der Waals surface area contributed by atoms with Crippen LogP contribution in [0.4, 0.5) is 10.5 Å². The van der Waals surface area contributed by atoms with Crippen LogP contribution in [0.1, 0.15) is 44.2 Å². The van der Waals surface area contributed by atoms with Gasteiger partial charge in [-0.3, -0.25) is 15.2 Å². The summed E-state index contributed by atoms with van der Waals surface area (Å²) in [5.41, 5.74) is 14.9. The number of rotatable bonds is 11. The molecule has 8 nitrogen and oxygen atoms in total. The lowest BCUT2D eigenvalue weighted by atomic mass is 9.97. The number of unbranched alkanes of at least 4 members (excludes halogenated alkanes) is 1. The normalized spacial score (nSPS) is 11.4. The van der Waals surface area contributed by atoms with E-state index in [1.807, 2.05) is 56.3 Å². The zero-order valence-corrected chi connectivity index (χ0v) is 17.3. The van der Waals surface area contributed by atoms with Crippen LogP contribution in [0.2, 0.25) is 0 Å². The molecule has 30 heavy (non-hydrogen) atoms. The first-order chi connectivity index (χ1) is 14.4. The average Bonchev–Trinajstić information content (AvgIpc) is 2.71. The van der Waals surface area contributed by atoms with Gasteiger partial charge in [0.05, 0.1) is 5.69 Å². The molecule has 2 amide bonds. The van der Waals surface area contributed by atoms with E-state index in [1.165, 1.54) is 5.12 Å². The average molecular weight is 412 g/mol. The van der Waals surface area contributed by atoms with Crippen LogP contribution in [0.5, 0.6) is 0 Å². The molecule has 0 saturated carbocycles. The number of primary amides is 1. The van der Waals surface area contributed by atoms with Crippen molar-refractivity contribution in [3.8, 4) is 0 Å². The molecule has 1 aromatic carbocycles. The van der Waals surface area contributed by atoms with Crippen molar-refractivity contribution in [3.05, 3.63) is 66.0 Å². The van der Waals surface area contributed by atoms with E-state index >= 15 is 0 Å². The Morgan fingerprint density at radius 3 is 2.63 bits per heavy atom. The predicted octanol–water partition coefficient (Wildman–Crippen LogP) is 3.64. The van der Waals surface area contributed by atoms with E-state index in [-0.39, 0.29) is 6.42 Å². The smallest absolute Gasteiger partial charge is 0.348 e. The van der Waals surface area contributed by atoms with E-state index in [1.54, 1.807) is 12.4 Å². The molecule has 0 aliphatic carbocycles. The molecule has 0 fully saturated rings. The first kappa shape index (κ1) is 22.9. The largest absolute Gasteiger partial charge is 0.481 e. The Morgan fingerprint density at radius 1 is 1.23 bits per heavy atom. The minimum absolute atomic E-state index is 0.119. The van der Waals surface area contributed by atoms with Gasteiger partial charge in [-0.25, -0.2) is 10.2 Å². The van der Waals surface area contributed by atoms with Crippen molar-refractivity contribution in [2.45, 2.75) is 33.1 Å². The standard InChI is InChI=1S/C22H29N5O3/c1-16(2)14-25-27(22(23)30)26-19-9-5-7-17(13-19)20(10-3-4-11-21(28)29)18-8-6-12-24-15-18/h5-10,12-13,15-16,25-26H,3-4,11,14H2,1-2H3,(H2,23,30)(H,28,29)/b20-10+. The molecule has 0 aliphatic heterocycles. The van der Waals surface area contributed by atoms with Crippen LogP contribution in [0.25, 0.3) is 5.57 Å². The highest BCUT2D eigenvalue weighted by Crippen LogP contribution is 2.26. The number of carbonyl (C=O) groups is 2. The fraction of sp³-hybridized carbons (Fsp3) is 0.318. The number of benzene rings is 1. The molecule has 1 aromatic heterocycles. The minimum atomic E-state index is -0.807. The van der Waals surface area contributed by atoms with Gasteiger partial charge in [-0.15, -0.1) is 0 Å². The molecule has 160 valence electrons. The molecule has 0 spiro atoms. The Morgan fingerprint density at radius 2 is 2.00 bits per heavy atom. The number of hydrazine groups is 2. The van der Waals surface area contributed by atoms with Gasteiger partial charge in [0.2, 0.25) is 0 Å². The van der Waals surface area contributed by atoms with Gasteiger partial charge in [-0.2, -0.15) is 5.12 Å². The number of urea groups is 1. The second-order valence-corrected chi connectivity index (χ2v) is 7.27. The van der Waals surface area contributed by atoms with E-state index in [2.05, 4.69) is 15.8 Å². The number of hydrogen-bond acceptors (Lipinski definition) is 5. The van der Waals surface area contributed by atoms with Crippen LogP contribution in [-0.2, 0) is 4.79 Å². The number of nitrogens with one attached hydrogen (secondary N) is 2. The van der Waals surface area contributed by atoms with Crippen LogP contribution in [-0.4, -0.2) is 33.8 Å². The maximum absolute atomic E-state index is 11.7. The molecule has 1 heterocycles. The van der Waals surface area contributed by atoms with Crippen LogP contribution in [0.15, 0.2) is 54.9 Å². The Labute approximate surface area is 176 Å². The Kier molecular flexibility index (Phi) is 8.83. The van der Waals surface area contributed by atoms with Crippen LogP contribution in [0.3, 0.4) is 0 Å². The van der Waals surface area contributed by atoms with Gasteiger partial charge in [0.15, 0.2) is 0 Å². The van der Waals surface area contributed by atoms with Gasteiger partial charge in [0.1, 0.15) is 0 Å². The van der Waals surface area contributed by atoms with Crippen molar-refractivity contribution in [1.29, 1.82) is 0 Å². The lowest BCUT2D eigenvalue weighted by Crippen LogP contribution is -2.50. The summed E-state index contributed by atoms with van der Waals surface area (Å²) in [7, 11) is 0. The highest BCUT2D eigenvalue weighted by molar-refractivity contribution is 5.81. The third kappa shape index (κ3) is 7.56. The Hall–Kier alpha value is -3.39. The number of allylic oxidation sites excluding steroid dienone is 1. The van der Waals surface area contributed by atoms with Crippen molar-refractivity contribution in [3.63, 3.8) is 0 Å². The number of nitrogens with two attached hydrogens (primary N) is 1. The summed E-state index contributed by atoms with van der Waals surface area (Å²) in [4.78, 5) is 26.7. The molecular formula is C22H29N5O3. The van der Waals surface area contributed by atoms with Crippen LogP contribution >= 0.6 is 0 Å². The van der Waals surface area contributed by atoms with Gasteiger partial charge < -0.3 is 10.8 Å². The SMILES string of the molecule is CC(C)CNN(Nc1cccc(/C(=C\CCCC(=O)O)c2cccnc2)c1)C(N)=O. The van der Waals surface area contributed by atoms with Gasteiger partial charge in [-0.05, 0) is 48.1 Å². The molecule has 0 bridgehead atoms. The predicted molar refractivity (Wildman–Crippen MR) is 117 cm³/mol. The molecule has 5 N–H and O–H groups in total. The summed E-state index contributed by atoms with van der Waals surface area (Å²) >= 11 is 0. The number of carbonyl (C=O) groups excluding carboxylic acids is 1. The fourth-order valence-electron chi connectivity index (χ4n) is 2.76. The monoisotopic (exact) mass is 411 g/mol. The number of anilines is 1. The lowest BCUT2D eigenvalue weighted by molar-refractivity contribution is -0.137. The summed E-state index contributed by atoms with van der Waals surface area (Å²) in [6.07, 6.45) is 6.77. The Balaban J connectivity index is 2.25. The van der Waals surface area contributed by atoms with E-state index in [0.29, 0.717) is 31.0 Å².